The molecule has 1 aromatic carbocycles. The quantitative estimate of drug-likeness (QED) is 0.510. The first kappa shape index (κ1) is 23.5. The number of nitrogens with zero attached hydrogens (tertiary/aromatic N) is 3. The topological polar surface area (TPSA) is 95.7 Å². The Morgan fingerprint density at radius 3 is 2.31 bits per heavy atom. The Hall–Kier alpha value is -1.74. The molecule has 2 heterocycles. The second kappa shape index (κ2) is 11.4. The first-order valence-corrected chi connectivity index (χ1v) is 10.9. The lowest BCUT2D eigenvalue weighted by Crippen LogP contribution is -2.31. The highest BCUT2D eigenvalue weighted by atomic mass is 35.5. The smallest absolute Gasteiger partial charge is 0.414 e. The van der Waals surface area contributed by atoms with Gasteiger partial charge < -0.3 is 15.1 Å². The first-order valence-electron chi connectivity index (χ1n) is 9.11. The molecule has 0 radical (unpaired) electrons. The molecule has 2 N–H and O–H groups in total. The van der Waals surface area contributed by atoms with Gasteiger partial charge in [-0.25, -0.2) is 14.3 Å². The van der Waals surface area contributed by atoms with E-state index in [0.717, 1.165) is 28.7 Å². The van der Waals surface area contributed by atoms with E-state index in [9.17, 15) is 0 Å². The normalized spacial score (nSPS) is 14.2. The highest BCUT2D eigenvalue weighted by Gasteiger charge is 2.12. The Bertz CT molecular complexity index is 842. The molecule has 0 amide bonds. The number of benzene rings is 1. The molecule has 0 spiro atoms. The number of thioether (sulfide) groups is 1. The zero-order chi connectivity index (χ0) is 21.4. The van der Waals surface area contributed by atoms with Gasteiger partial charge in [0, 0.05) is 18.0 Å². The average Bonchev–Trinajstić information content (AvgIpc) is 3.06. The third-order valence-electron chi connectivity index (χ3n) is 4.30. The Kier molecular flexibility index (Phi) is 9.29. The number of hydrogen-bond acceptors (Lipinski definition) is 5. The zero-order valence-corrected chi connectivity index (χ0v) is 18.3. The second-order valence-corrected chi connectivity index (χ2v) is 8.42. The number of piperidine rings is 1. The van der Waals surface area contributed by atoms with Crippen molar-refractivity contribution in [3.8, 4) is 5.69 Å². The molecule has 0 atom stereocenters. The lowest BCUT2D eigenvalue weighted by atomic mass is 10.1. The number of aryl methyl sites for hydroxylation is 1. The van der Waals surface area contributed by atoms with Crippen molar-refractivity contribution >= 4 is 46.9 Å². The standard InChI is InChI=1S/C17H21Cl2N3S.C2H2O4/c1-13-11-17(23-10-9-21-7-3-2-4-8-21)20-22(13)14-5-6-15(18)16(19)12-14;3-1(4)2(5)6/h5-6,11-12H,2-4,7-10H2,1H3;(H,3,4)(H,5,6). The number of halogens is 2. The Morgan fingerprint density at radius 1 is 1.07 bits per heavy atom. The Balaban J connectivity index is 0.000000438. The van der Waals surface area contributed by atoms with Crippen LogP contribution in [0, 0.1) is 6.92 Å². The molecule has 7 nitrogen and oxygen atoms in total. The third-order valence-corrected chi connectivity index (χ3v) is 5.92. The minimum Gasteiger partial charge on any atom is -0.473 e. The molecule has 0 bridgehead atoms. The first-order chi connectivity index (χ1) is 13.8. The van der Waals surface area contributed by atoms with Crippen LogP contribution in [-0.4, -0.2) is 62.2 Å². The molecule has 10 heteroatoms. The van der Waals surface area contributed by atoms with Crippen molar-refractivity contribution in [2.75, 3.05) is 25.4 Å². The molecule has 0 unspecified atom stereocenters. The number of aliphatic carboxylic acids is 2. The van der Waals surface area contributed by atoms with Crippen molar-refractivity contribution in [1.29, 1.82) is 0 Å². The summed E-state index contributed by atoms with van der Waals surface area (Å²) in [6.07, 6.45) is 4.07. The average molecular weight is 460 g/mol. The maximum atomic E-state index is 9.10. The van der Waals surface area contributed by atoms with Gasteiger partial charge in [0.05, 0.1) is 15.7 Å². The molecule has 3 rings (SSSR count). The van der Waals surface area contributed by atoms with Gasteiger partial charge in [0.25, 0.3) is 0 Å². The van der Waals surface area contributed by atoms with E-state index in [-0.39, 0.29) is 0 Å². The summed E-state index contributed by atoms with van der Waals surface area (Å²) < 4.78 is 1.92. The molecular formula is C19H23Cl2N3O4S. The molecule has 29 heavy (non-hydrogen) atoms. The summed E-state index contributed by atoms with van der Waals surface area (Å²) in [7, 11) is 0. The van der Waals surface area contributed by atoms with Crippen molar-refractivity contribution in [2.45, 2.75) is 31.2 Å². The van der Waals surface area contributed by atoms with E-state index in [1.54, 1.807) is 0 Å². The minimum absolute atomic E-state index is 0.554. The van der Waals surface area contributed by atoms with Crippen LogP contribution in [0.4, 0.5) is 0 Å². The van der Waals surface area contributed by atoms with Crippen LogP contribution >= 0.6 is 35.0 Å². The predicted molar refractivity (Wildman–Crippen MR) is 115 cm³/mol. The molecule has 1 aromatic heterocycles. The fourth-order valence-corrected chi connectivity index (χ4v) is 4.10. The van der Waals surface area contributed by atoms with E-state index in [1.807, 2.05) is 34.6 Å². The van der Waals surface area contributed by atoms with E-state index in [1.165, 1.54) is 32.4 Å². The van der Waals surface area contributed by atoms with Crippen LogP contribution < -0.4 is 0 Å². The minimum atomic E-state index is -1.82. The predicted octanol–water partition coefficient (Wildman–Crippen LogP) is 4.22. The number of carboxylic acids is 2. The maximum Gasteiger partial charge on any atom is 0.414 e. The summed E-state index contributed by atoms with van der Waals surface area (Å²) in [5.41, 5.74) is 2.05. The summed E-state index contributed by atoms with van der Waals surface area (Å²) in [4.78, 5) is 20.8. The van der Waals surface area contributed by atoms with Crippen LogP contribution in [0.25, 0.3) is 5.69 Å². The van der Waals surface area contributed by atoms with Crippen molar-refractivity contribution in [2.24, 2.45) is 0 Å². The molecule has 1 aliphatic heterocycles. The van der Waals surface area contributed by atoms with Crippen molar-refractivity contribution < 1.29 is 19.8 Å². The van der Waals surface area contributed by atoms with E-state index >= 15 is 0 Å². The maximum absolute atomic E-state index is 9.10. The van der Waals surface area contributed by atoms with E-state index in [0.29, 0.717) is 10.0 Å². The Morgan fingerprint density at radius 2 is 1.72 bits per heavy atom. The summed E-state index contributed by atoms with van der Waals surface area (Å²) in [6.45, 7) is 5.70. The van der Waals surface area contributed by atoms with Crippen LogP contribution in [0.2, 0.25) is 10.0 Å². The lowest BCUT2D eigenvalue weighted by Gasteiger charge is -2.25. The molecular weight excluding hydrogens is 437 g/mol. The lowest BCUT2D eigenvalue weighted by molar-refractivity contribution is -0.159. The molecule has 0 aliphatic carbocycles. The number of rotatable bonds is 5. The van der Waals surface area contributed by atoms with Gasteiger partial charge in [-0.3, -0.25) is 0 Å². The molecule has 0 saturated carbocycles. The molecule has 1 fully saturated rings. The highest BCUT2D eigenvalue weighted by molar-refractivity contribution is 7.99. The summed E-state index contributed by atoms with van der Waals surface area (Å²) in [5, 5.41) is 21.7. The number of likely N-dealkylation sites (tertiary alicyclic amines) is 1. The van der Waals surface area contributed by atoms with Gasteiger partial charge in [-0.05, 0) is 57.1 Å². The van der Waals surface area contributed by atoms with Crippen molar-refractivity contribution in [3.63, 3.8) is 0 Å². The SMILES string of the molecule is Cc1cc(SCCN2CCCCC2)nn1-c1ccc(Cl)c(Cl)c1.O=C(O)C(=O)O. The van der Waals surface area contributed by atoms with Crippen molar-refractivity contribution in [3.05, 3.63) is 40.0 Å². The van der Waals surface area contributed by atoms with Gasteiger partial charge in [0.2, 0.25) is 0 Å². The third kappa shape index (κ3) is 7.54. The van der Waals surface area contributed by atoms with E-state index in [2.05, 4.69) is 17.9 Å². The van der Waals surface area contributed by atoms with Gasteiger partial charge in [0.1, 0.15) is 5.03 Å². The molecule has 158 valence electrons. The van der Waals surface area contributed by atoms with Gasteiger partial charge >= 0.3 is 11.9 Å². The van der Waals surface area contributed by atoms with Crippen LogP contribution in [0.15, 0.2) is 29.3 Å². The zero-order valence-electron chi connectivity index (χ0n) is 16.0. The monoisotopic (exact) mass is 459 g/mol. The van der Waals surface area contributed by atoms with Crippen molar-refractivity contribution in [1.82, 2.24) is 14.7 Å². The number of carboxylic acid groups (broad SMARTS) is 2. The summed E-state index contributed by atoms with van der Waals surface area (Å²) >= 11 is 13.9. The van der Waals surface area contributed by atoms with E-state index < -0.39 is 11.9 Å². The fourth-order valence-electron chi connectivity index (χ4n) is 2.86. The molecule has 2 aromatic rings. The van der Waals surface area contributed by atoms with Crippen LogP contribution in [-0.2, 0) is 9.59 Å². The van der Waals surface area contributed by atoms with Gasteiger partial charge in [-0.2, -0.15) is 5.10 Å². The van der Waals surface area contributed by atoms with Gasteiger partial charge in [-0.15, -0.1) is 11.8 Å². The second-order valence-electron chi connectivity index (χ2n) is 6.50. The van der Waals surface area contributed by atoms with E-state index in [4.69, 9.17) is 48.1 Å². The van der Waals surface area contributed by atoms with Crippen LogP contribution in [0.5, 0.6) is 0 Å². The number of hydrogen-bond donors (Lipinski definition) is 2. The van der Waals surface area contributed by atoms with Crippen LogP contribution in [0.3, 0.4) is 0 Å². The summed E-state index contributed by atoms with van der Waals surface area (Å²) in [5.74, 6) is -2.57. The Labute approximate surface area is 183 Å². The summed E-state index contributed by atoms with van der Waals surface area (Å²) in [6, 6.07) is 7.73. The largest absolute Gasteiger partial charge is 0.473 e. The fraction of sp³-hybridized carbons (Fsp3) is 0.421. The van der Waals surface area contributed by atoms with Gasteiger partial charge in [-0.1, -0.05) is 29.6 Å². The molecule has 1 aliphatic rings. The number of aromatic nitrogens is 2. The highest BCUT2D eigenvalue weighted by Crippen LogP contribution is 2.26. The molecule has 1 saturated heterocycles. The van der Waals surface area contributed by atoms with Crippen LogP contribution in [0.1, 0.15) is 25.0 Å². The number of carbonyl (C=O) groups is 2. The van der Waals surface area contributed by atoms with Gasteiger partial charge in [0.15, 0.2) is 0 Å².